The van der Waals surface area contributed by atoms with Crippen LogP contribution in [0.3, 0.4) is 0 Å². The first-order valence-corrected chi connectivity index (χ1v) is 11.1. The first kappa shape index (κ1) is 23.4. The number of benzene rings is 2. The van der Waals surface area contributed by atoms with Gasteiger partial charge in [-0.1, -0.05) is 53.6 Å². The van der Waals surface area contributed by atoms with Crippen LogP contribution in [0.25, 0.3) is 17.2 Å². The summed E-state index contributed by atoms with van der Waals surface area (Å²) in [6.07, 6.45) is 12.0. The van der Waals surface area contributed by atoms with Crippen LogP contribution in [-0.4, -0.2) is 21.8 Å². The second-order valence-electron chi connectivity index (χ2n) is 8.89. The number of carboxylic acid groups (broad SMARTS) is 1. The van der Waals surface area contributed by atoms with E-state index in [1.165, 1.54) is 11.1 Å². The molecule has 0 aliphatic carbocycles. The van der Waals surface area contributed by atoms with E-state index < -0.39 is 11.6 Å². The zero-order valence-corrected chi connectivity index (χ0v) is 19.3. The smallest absolute Gasteiger partial charge is 0.340 e. The van der Waals surface area contributed by atoms with Crippen molar-refractivity contribution in [1.82, 2.24) is 0 Å². The van der Waals surface area contributed by atoms with Gasteiger partial charge in [-0.3, -0.25) is 0 Å². The fourth-order valence-corrected chi connectivity index (χ4v) is 3.94. The van der Waals surface area contributed by atoms with E-state index in [-0.39, 0.29) is 11.3 Å². The summed E-state index contributed by atoms with van der Waals surface area (Å²) >= 11 is 0. The highest BCUT2D eigenvalue weighted by Gasteiger charge is 2.31. The van der Waals surface area contributed by atoms with Crippen molar-refractivity contribution in [2.45, 2.75) is 59.0 Å². The molecule has 2 N–H and O–H groups in total. The van der Waals surface area contributed by atoms with Gasteiger partial charge in [0.05, 0.1) is 5.56 Å². The summed E-state index contributed by atoms with van der Waals surface area (Å²) in [6.45, 7) is 8.41. The highest BCUT2D eigenvalue weighted by atomic mass is 16.5. The van der Waals surface area contributed by atoms with Crippen molar-refractivity contribution in [2.75, 3.05) is 0 Å². The molecule has 32 heavy (non-hydrogen) atoms. The normalized spacial score (nSPS) is 17.4. The summed E-state index contributed by atoms with van der Waals surface area (Å²) < 4.78 is 6.31. The molecule has 0 radical (unpaired) electrons. The molecule has 0 saturated carbocycles. The van der Waals surface area contributed by atoms with Gasteiger partial charge in [0.25, 0.3) is 0 Å². The van der Waals surface area contributed by atoms with E-state index in [9.17, 15) is 15.0 Å². The average Bonchev–Trinajstić information content (AvgIpc) is 2.73. The third-order valence-electron chi connectivity index (χ3n) is 5.77. The Morgan fingerprint density at radius 3 is 2.47 bits per heavy atom. The fourth-order valence-electron chi connectivity index (χ4n) is 3.94. The number of ether oxygens (including phenoxy) is 1. The predicted molar refractivity (Wildman–Crippen MR) is 130 cm³/mol. The lowest BCUT2D eigenvalue weighted by Crippen LogP contribution is -2.31. The number of aromatic hydroxyl groups is 1. The third-order valence-corrected chi connectivity index (χ3v) is 5.77. The Kier molecular flexibility index (Phi) is 7.24. The van der Waals surface area contributed by atoms with Crippen LogP contribution in [-0.2, 0) is 0 Å². The molecule has 168 valence electrons. The van der Waals surface area contributed by atoms with Gasteiger partial charge in [0.1, 0.15) is 22.7 Å². The maximum absolute atomic E-state index is 11.9. The summed E-state index contributed by atoms with van der Waals surface area (Å²) in [4.78, 5) is 11.9. The summed E-state index contributed by atoms with van der Waals surface area (Å²) in [5.74, 6) is -0.928. The van der Waals surface area contributed by atoms with Crippen molar-refractivity contribution in [3.63, 3.8) is 0 Å². The lowest BCUT2D eigenvalue weighted by atomic mass is 9.90. The molecule has 0 aromatic heterocycles. The Balaban J connectivity index is 1.83. The Bertz CT molecular complexity index is 1070. The topological polar surface area (TPSA) is 66.8 Å². The number of allylic oxidation sites excluding steroid dienone is 4. The minimum Gasteiger partial charge on any atom is -0.506 e. The van der Waals surface area contributed by atoms with Gasteiger partial charge in [-0.05, 0) is 77.2 Å². The number of hydrogen-bond donors (Lipinski definition) is 2. The maximum atomic E-state index is 11.9. The van der Waals surface area contributed by atoms with Crippen molar-refractivity contribution in [3.8, 4) is 22.6 Å². The van der Waals surface area contributed by atoms with E-state index in [1.54, 1.807) is 12.1 Å². The van der Waals surface area contributed by atoms with Crippen LogP contribution < -0.4 is 4.74 Å². The van der Waals surface area contributed by atoms with Gasteiger partial charge >= 0.3 is 5.97 Å². The summed E-state index contributed by atoms with van der Waals surface area (Å²) in [7, 11) is 0. The molecule has 0 unspecified atom stereocenters. The second kappa shape index (κ2) is 9.90. The van der Waals surface area contributed by atoms with Crippen molar-refractivity contribution in [2.24, 2.45) is 0 Å². The highest BCUT2D eigenvalue weighted by Crippen LogP contribution is 2.44. The van der Waals surface area contributed by atoms with Gasteiger partial charge in [-0.15, -0.1) is 0 Å². The third kappa shape index (κ3) is 5.50. The highest BCUT2D eigenvalue weighted by molar-refractivity contribution is 6.01. The lowest BCUT2D eigenvalue weighted by molar-refractivity contribution is 0.0694. The van der Waals surface area contributed by atoms with Crippen molar-refractivity contribution in [3.05, 3.63) is 76.9 Å². The monoisotopic (exact) mass is 432 g/mol. The molecule has 3 rings (SSSR count). The molecule has 0 saturated heterocycles. The molecule has 0 spiro atoms. The van der Waals surface area contributed by atoms with Crippen molar-refractivity contribution >= 4 is 12.0 Å². The second-order valence-corrected chi connectivity index (χ2v) is 8.89. The van der Waals surface area contributed by atoms with Crippen LogP contribution in [0.2, 0.25) is 0 Å². The molecule has 4 nitrogen and oxygen atoms in total. The minimum absolute atomic E-state index is 0.110. The van der Waals surface area contributed by atoms with Crippen LogP contribution in [0, 0.1) is 0 Å². The molecular formula is C28H32O4. The molecule has 1 aliphatic rings. The van der Waals surface area contributed by atoms with Crippen LogP contribution in [0.5, 0.6) is 11.5 Å². The molecule has 0 fully saturated rings. The number of carboxylic acids is 1. The number of carbonyl (C=O) groups is 1. The number of rotatable bonds is 8. The van der Waals surface area contributed by atoms with Gasteiger partial charge in [0.15, 0.2) is 0 Å². The Morgan fingerprint density at radius 2 is 1.81 bits per heavy atom. The van der Waals surface area contributed by atoms with E-state index in [1.807, 2.05) is 43.3 Å². The number of aromatic carboxylic acids is 1. The van der Waals surface area contributed by atoms with Crippen LogP contribution in [0.1, 0.15) is 69.3 Å². The molecule has 1 aliphatic heterocycles. The zero-order valence-electron chi connectivity index (χ0n) is 19.3. The summed E-state index contributed by atoms with van der Waals surface area (Å²) in [6, 6.07) is 10.9. The molecule has 0 amide bonds. The van der Waals surface area contributed by atoms with Crippen molar-refractivity contribution in [1.29, 1.82) is 0 Å². The largest absolute Gasteiger partial charge is 0.506 e. The van der Waals surface area contributed by atoms with Crippen LogP contribution >= 0.6 is 0 Å². The average molecular weight is 433 g/mol. The molecule has 1 heterocycles. The van der Waals surface area contributed by atoms with E-state index in [0.29, 0.717) is 16.9 Å². The Morgan fingerprint density at radius 1 is 1.09 bits per heavy atom. The van der Waals surface area contributed by atoms with Gasteiger partial charge in [-0.2, -0.15) is 0 Å². The van der Waals surface area contributed by atoms with Crippen LogP contribution in [0.15, 0.2) is 65.8 Å². The molecule has 1 atom stereocenters. The van der Waals surface area contributed by atoms with E-state index in [0.717, 1.165) is 31.2 Å². The molecule has 2 aromatic rings. The predicted octanol–water partition coefficient (Wildman–Crippen LogP) is 7.39. The SMILES string of the molecule is CC(C)=CCC/C(C)=C/CC[C@@]1(C)C=Cc2c(cc(-c3ccccc3)c(C(=O)O)c2O)O1. The standard InChI is InChI=1S/C28H32O4/c1-19(2)10-8-11-20(3)12-9-16-28(4)17-15-22-24(32-28)18-23(21-13-6-5-7-14-21)25(26(22)29)27(30)31/h5-7,10,12-15,17-18,29H,8-9,11,16H2,1-4H3,(H,30,31)/b20-12+/t28-/m0/s1. The van der Waals surface area contributed by atoms with Gasteiger partial charge in [0.2, 0.25) is 0 Å². The van der Waals surface area contributed by atoms with E-state index in [2.05, 4.69) is 32.9 Å². The lowest BCUT2D eigenvalue weighted by Gasteiger charge is -2.32. The Hall–Kier alpha value is -3.27. The number of hydrogen-bond acceptors (Lipinski definition) is 3. The van der Waals surface area contributed by atoms with E-state index >= 15 is 0 Å². The van der Waals surface area contributed by atoms with Crippen molar-refractivity contribution < 1.29 is 19.7 Å². The molecule has 4 heteroatoms. The molecule has 2 aromatic carbocycles. The van der Waals surface area contributed by atoms with Gasteiger partial charge < -0.3 is 14.9 Å². The zero-order chi connectivity index (χ0) is 23.3. The molecular weight excluding hydrogens is 400 g/mol. The minimum atomic E-state index is -1.17. The van der Waals surface area contributed by atoms with Gasteiger partial charge in [-0.25, -0.2) is 4.79 Å². The Labute approximate surface area is 190 Å². The van der Waals surface area contributed by atoms with E-state index in [4.69, 9.17) is 4.74 Å². The summed E-state index contributed by atoms with van der Waals surface area (Å²) in [5, 5.41) is 20.5. The summed E-state index contributed by atoms with van der Waals surface area (Å²) in [5.41, 5.74) is 3.64. The van der Waals surface area contributed by atoms with Crippen LogP contribution in [0.4, 0.5) is 0 Å². The van der Waals surface area contributed by atoms with Gasteiger partial charge in [0, 0.05) is 5.56 Å². The first-order valence-electron chi connectivity index (χ1n) is 11.1. The molecule has 0 bridgehead atoms. The number of fused-ring (bicyclic) bond motifs is 1. The first-order chi connectivity index (χ1) is 15.2. The fraction of sp³-hybridized carbons (Fsp3) is 0.321. The quantitative estimate of drug-likeness (QED) is 0.427. The number of phenols is 1. The maximum Gasteiger partial charge on any atom is 0.340 e.